The van der Waals surface area contributed by atoms with Gasteiger partial charge in [-0.1, -0.05) is 31.5 Å². The molecular weight excluding hydrogens is 352 g/mol. The maximum absolute atomic E-state index is 12.0. The number of aromatic nitrogens is 2. The van der Waals surface area contributed by atoms with Crippen LogP contribution in [0.2, 0.25) is 0 Å². The summed E-state index contributed by atoms with van der Waals surface area (Å²) in [5.74, 6) is 3.91. The van der Waals surface area contributed by atoms with Gasteiger partial charge in [0.2, 0.25) is 5.89 Å². The smallest absolute Gasteiger partial charge is 0.229 e. The van der Waals surface area contributed by atoms with Crippen LogP contribution in [0.3, 0.4) is 0 Å². The molecule has 5 heteroatoms. The molecule has 3 aliphatic carbocycles. The van der Waals surface area contributed by atoms with Gasteiger partial charge in [0.05, 0.1) is 6.10 Å². The van der Waals surface area contributed by atoms with E-state index in [4.69, 9.17) is 4.52 Å². The third-order valence-electron chi connectivity index (χ3n) is 8.11. The number of fused-ring (bicyclic) bond motifs is 3. The highest BCUT2D eigenvalue weighted by Crippen LogP contribution is 2.59. The molecule has 7 unspecified atom stereocenters. The van der Waals surface area contributed by atoms with Crippen LogP contribution in [0.5, 0.6) is 0 Å². The average Bonchev–Trinajstić information content (AvgIpc) is 3.07. The molecule has 0 bridgehead atoms. The van der Waals surface area contributed by atoms with Crippen LogP contribution in [0.25, 0.3) is 0 Å². The van der Waals surface area contributed by atoms with Gasteiger partial charge in [-0.3, -0.25) is 4.79 Å². The van der Waals surface area contributed by atoms with Gasteiger partial charge in [-0.15, -0.1) is 0 Å². The highest BCUT2D eigenvalue weighted by atomic mass is 16.5. The number of aliphatic hydroxyl groups is 1. The molecule has 0 amide bonds. The molecule has 0 aliphatic heterocycles. The molecule has 0 saturated heterocycles. The first-order valence-corrected chi connectivity index (χ1v) is 11.0. The van der Waals surface area contributed by atoms with Crippen molar-refractivity contribution in [1.29, 1.82) is 0 Å². The maximum Gasteiger partial charge on any atom is 0.229 e. The lowest BCUT2D eigenvalue weighted by molar-refractivity contribution is -0.121. The van der Waals surface area contributed by atoms with E-state index in [1.807, 2.05) is 13.0 Å². The molecule has 1 N–H and O–H groups in total. The lowest BCUT2D eigenvalue weighted by atomic mass is 9.48. The molecule has 1 aromatic rings. The summed E-state index contributed by atoms with van der Waals surface area (Å²) in [6.07, 6.45) is 8.32. The monoisotopic (exact) mass is 386 g/mol. The van der Waals surface area contributed by atoms with Gasteiger partial charge in [0, 0.05) is 12.3 Å². The van der Waals surface area contributed by atoms with E-state index < -0.39 is 0 Å². The molecule has 1 aromatic heterocycles. The second-order valence-corrected chi connectivity index (χ2v) is 9.88. The number of aryl methyl sites for hydroxylation is 1. The van der Waals surface area contributed by atoms with E-state index in [9.17, 15) is 9.90 Å². The number of hydrogen-bond donors (Lipinski definition) is 1. The van der Waals surface area contributed by atoms with Gasteiger partial charge in [-0.2, -0.15) is 4.98 Å². The van der Waals surface area contributed by atoms with Crippen molar-refractivity contribution in [2.24, 2.45) is 29.1 Å². The highest BCUT2D eigenvalue weighted by molar-refractivity contribution is 5.91. The zero-order valence-corrected chi connectivity index (χ0v) is 17.6. The summed E-state index contributed by atoms with van der Waals surface area (Å²) < 4.78 is 5.37. The van der Waals surface area contributed by atoms with Crippen LogP contribution in [0.15, 0.2) is 16.2 Å². The van der Waals surface area contributed by atoms with Gasteiger partial charge in [0.1, 0.15) is 0 Å². The second-order valence-electron chi connectivity index (χ2n) is 9.88. The first-order chi connectivity index (χ1) is 13.3. The molecule has 7 atom stereocenters. The molecule has 2 fully saturated rings. The Kier molecular flexibility index (Phi) is 5.24. The summed E-state index contributed by atoms with van der Waals surface area (Å²) in [7, 11) is 0. The van der Waals surface area contributed by atoms with Crippen LogP contribution in [0, 0.1) is 36.0 Å². The van der Waals surface area contributed by atoms with Crippen LogP contribution >= 0.6 is 0 Å². The first-order valence-electron chi connectivity index (χ1n) is 11.0. The van der Waals surface area contributed by atoms with E-state index in [0.29, 0.717) is 30.0 Å². The molecule has 154 valence electrons. The number of ketones is 1. The summed E-state index contributed by atoms with van der Waals surface area (Å²) in [4.78, 5) is 16.4. The van der Waals surface area contributed by atoms with Gasteiger partial charge >= 0.3 is 0 Å². The quantitative estimate of drug-likeness (QED) is 0.818. The van der Waals surface area contributed by atoms with Gasteiger partial charge in [0.25, 0.3) is 0 Å². The summed E-state index contributed by atoms with van der Waals surface area (Å²) in [5, 5.41) is 15.0. The van der Waals surface area contributed by atoms with Crippen molar-refractivity contribution < 1.29 is 14.4 Å². The van der Waals surface area contributed by atoms with E-state index in [0.717, 1.165) is 44.4 Å². The molecule has 1 heterocycles. The van der Waals surface area contributed by atoms with E-state index in [1.54, 1.807) is 0 Å². The summed E-state index contributed by atoms with van der Waals surface area (Å²) >= 11 is 0. The molecule has 28 heavy (non-hydrogen) atoms. The Morgan fingerprint density at radius 3 is 2.89 bits per heavy atom. The fourth-order valence-electron chi connectivity index (χ4n) is 6.58. The molecule has 0 radical (unpaired) electrons. The molecule has 0 aromatic carbocycles. The normalized spacial score (nSPS) is 39.1. The Labute approximate surface area is 168 Å². The van der Waals surface area contributed by atoms with Crippen molar-refractivity contribution in [2.45, 2.75) is 84.7 Å². The van der Waals surface area contributed by atoms with Crippen molar-refractivity contribution in [3.8, 4) is 0 Å². The van der Waals surface area contributed by atoms with Crippen molar-refractivity contribution in [3.63, 3.8) is 0 Å². The van der Waals surface area contributed by atoms with Crippen LogP contribution in [0.1, 0.15) is 83.3 Å². The largest absolute Gasteiger partial charge is 0.393 e. The SMILES string of the molecule is Cc1noc(C(C)CCC2C(C)CC(O)C3C2CCC2=CC(=O)CCC23C)n1. The summed E-state index contributed by atoms with van der Waals surface area (Å²) in [6.45, 7) is 8.64. The van der Waals surface area contributed by atoms with Crippen molar-refractivity contribution in [2.75, 3.05) is 0 Å². The highest BCUT2D eigenvalue weighted by Gasteiger charge is 2.54. The van der Waals surface area contributed by atoms with Gasteiger partial charge in [-0.25, -0.2) is 0 Å². The number of carbonyl (C=O) groups is 1. The number of hydrogen-bond acceptors (Lipinski definition) is 5. The standard InChI is InChI=1S/C23H34N2O3/c1-13(22-24-15(3)25-28-22)5-7-18-14(2)11-20(27)21-19(18)8-6-16-12-17(26)9-10-23(16,21)4/h12-14,18-21,27H,5-11H2,1-4H3. The predicted octanol–water partition coefficient (Wildman–Crippen LogP) is 4.60. The minimum atomic E-state index is -0.255. The zero-order valence-electron chi connectivity index (χ0n) is 17.6. The molecule has 3 aliphatic rings. The zero-order chi connectivity index (χ0) is 20.1. The van der Waals surface area contributed by atoms with E-state index in [1.165, 1.54) is 5.57 Å². The van der Waals surface area contributed by atoms with Gasteiger partial charge < -0.3 is 9.63 Å². The number of allylic oxidation sites excluding steroid dienone is 2. The van der Waals surface area contributed by atoms with Crippen LogP contribution < -0.4 is 0 Å². The van der Waals surface area contributed by atoms with Crippen molar-refractivity contribution in [1.82, 2.24) is 10.1 Å². The molecular formula is C23H34N2O3. The third-order valence-corrected chi connectivity index (χ3v) is 8.11. The minimum absolute atomic E-state index is 0.0101. The lowest BCUT2D eigenvalue weighted by Crippen LogP contribution is -2.53. The topological polar surface area (TPSA) is 76.2 Å². The number of rotatable bonds is 4. The Bertz CT molecular complexity index is 770. The summed E-state index contributed by atoms with van der Waals surface area (Å²) in [5.41, 5.74) is 1.29. The Balaban J connectivity index is 1.52. The maximum atomic E-state index is 12.0. The van der Waals surface area contributed by atoms with E-state index in [2.05, 4.69) is 30.9 Å². The minimum Gasteiger partial charge on any atom is -0.393 e. The molecule has 0 spiro atoms. The van der Waals surface area contributed by atoms with Crippen molar-refractivity contribution >= 4 is 5.78 Å². The Morgan fingerprint density at radius 2 is 2.18 bits per heavy atom. The van der Waals surface area contributed by atoms with Crippen LogP contribution in [0.4, 0.5) is 0 Å². The Hall–Kier alpha value is -1.49. The van der Waals surface area contributed by atoms with Gasteiger partial charge in [0.15, 0.2) is 11.6 Å². The van der Waals surface area contributed by atoms with Crippen LogP contribution in [-0.4, -0.2) is 27.1 Å². The number of nitrogens with zero attached hydrogens (tertiary/aromatic N) is 2. The number of aliphatic hydroxyl groups excluding tert-OH is 1. The second kappa shape index (κ2) is 7.40. The van der Waals surface area contributed by atoms with E-state index >= 15 is 0 Å². The summed E-state index contributed by atoms with van der Waals surface area (Å²) in [6, 6.07) is 0. The van der Waals surface area contributed by atoms with Crippen LogP contribution in [-0.2, 0) is 4.79 Å². The lowest BCUT2D eigenvalue weighted by Gasteiger charge is -2.57. The molecule has 2 saturated carbocycles. The predicted molar refractivity (Wildman–Crippen MR) is 107 cm³/mol. The number of carbonyl (C=O) groups excluding carboxylic acids is 1. The fraction of sp³-hybridized carbons (Fsp3) is 0.783. The third kappa shape index (κ3) is 3.36. The Morgan fingerprint density at radius 1 is 1.39 bits per heavy atom. The fourth-order valence-corrected chi connectivity index (χ4v) is 6.58. The van der Waals surface area contributed by atoms with E-state index in [-0.39, 0.29) is 29.1 Å². The molecule has 5 nitrogen and oxygen atoms in total. The van der Waals surface area contributed by atoms with Gasteiger partial charge in [-0.05, 0) is 80.6 Å². The average molecular weight is 387 g/mol. The first kappa shape index (κ1) is 19.8. The molecule has 4 rings (SSSR count). The van der Waals surface area contributed by atoms with Crippen molar-refractivity contribution in [3.05, 3.63) is 23.4 Å².